The number of aromatic hydroxyl groups is 1. The zero-order valence-corrected chi connectivity index (χ0v) is 12.7. The summed E-state index contributed by atoms with van der Waals surface area (Å²) in [5.74, 6) is 2.01. The number of ether oxygens (including phenoxy) is 1. The summed E-state index contributed by atoms with van der Waals surface area (Å²) >= 11 is 0. The van der Waals surface area contributed by atoms with Crippen molar-refractivity contribution < 1.29 is 14.9 Å². The second-order valence-corrected chi connectivity index (χ2v) is 7.45. The molecule has 4 aliphatic rings. The van der Waals surface area contributed by atoms with Crippen LogP contribution in [-0.4, -0.2) is 47.0 Å². The first kappa shape index (κ1) is 13.0. The van der Waals surface area contributed by atoms with Crippen LogP contribution in [0.15, 0.2) is 24.8 Å². The molecule has 2 N–H and O–H groups in total. The van der Waals surface area contributed by atoms with Gasteiger partial charge in [0.05, 0.1) is 0 Å². The van der Waals surface area contributed by atoms with Crippen LogP contribution in [0.1, 0.15) is 17.5 Å². The highest BCUT2D eigenvalue weighted by Crippen LogP contribution is 2.69. The summed E-state index contributed by atoms with van der Waals surface area (Å²) in [7, 11) is 2.21. The molecule has 4 heteroatoms. The molecular formula is C18H21NO3. The van der Waals surface area contributed by atoms with E-state index in [1.54, 1.807) is 12.1 Å². The molecule has 4 nitrogen and oxygen atoms in total. The van der Waals surface area contributed by atoms with Crippen molar-refractivity contribution in [3.8, 4) is 11.5 Å². The number of likely N-dealkylation sites (tertiary alicyclic amines) is 1. The van der Waals surface area contributed by atoms with Gasteiger partial charge in [-0.1, -0.05) is 12.1 Å². The van der Waals surface area contributed by atoms with E-state index in [2.05, 4.69) is 18.5 Å². The number of rotatable bonds is 2. The summed E-state index contributed by atoms with van der Waals surface area (Å²) in [6.07, 6.45) is 2.60. The smallest absolute Gasteiger partial charge is 0.165 e. The molecule has 1 saturated heterocycles. The number of benzene rings is 1. The summed E-state index contributed by atoms with van der Waals surface area (Å²) in [5, 5.41) is 20.7. The van der Waals surface area contributed by atoms with Gasteiger partial charge in [0.2, 0.25) is 0 Å². The lowest BCUT2D eigenvalue weighted by Gasteiger charge is -2.57. The van der Waals surface area contributed by atoms with Gasteiger partial charge >= 0.3 is 0 Å². The Morgan fingerprint density at radius 2 is 2.32 bits per heavy atom. The Morgan fingerprint density at radius 1 is 1.50 bits per heavy atom. The normalized spacial score (nSPS) is 42.1. The predicted octanol–water partition coefficient (Wildman–Crippen LogP) is 1.44. The Bertz CT molecular complexity index is 687. The summed E-state index contributed by atoms with van der Waals surface area (Å²) in [6.45, 7) is 4.87. The molecule has 1 aromatic rings. The van der Waals surface area contributed by atoms with Crippen LogP contribution < -0.4 is 4.74 Å². The Hall–Kier alpha value is -1.52. The Morgan fingerprint density at radius 3 is 3.09 bits per heavy atom. The average molecular weight is 299 g/mol. The molecule has 5 rings (SSSR count). The molecule has 1 spiro atoms. The van der Waals surface area contributed by atoms with E-state index in [0.717, 1.165) is 19.4 Å². The maximum Gasteiger partial charge on any atom is 0.165 e. The first-order valence-corrected chi connectivity index (χ1v) is 8.10. The first-order chi connectivity index (χ1) is 10.6. The molecule has 2 heterocycles. The van der Waals surface area contributed by atoms with Crippen LogP contribution in [0.5, 0.6) is 11.5 Å². The fourth-order valence-electron chi connectivity index (χ4n) is 5.94. The topological polar surface area (TPSA) is 52.9 Å². The third-order valence-corrected chi connectivity index (χ3v) is 6.63. The Balaban J connectivity index is 1.75. The zero-order chi connectivity index (χ0) is 15.2. The van der Waals surface area contributed by atoms with Gasteiger partial charge in [-0.15, -0.1) is 6.58 Å². The number of phenolic OH excluding ortho intramolecular Hbond substituents is 1. The van der Waals surface area contributed by atoms with Gasteiger partial charge in [0.15, 0.2) is 11.5 Å². The van der Waals surface area contributed by atoms with Crippen LogP contribution in [0.2, 0.25) is 0 Å². The van der Waals surface area contributed by atoms with Crippen molar-refractivity contribution in [3.05, 3.63) is 35.9 Å². The maximum atomic E-state index is 10.5. The van der Waals surface area contributed by atoms with E-state index in [1.165, 1.54) is 11.1 Å². The quantitative estimate of drug-likeness (QED) is 0.812. The monoisotopic (exact) mass is 299 g/mol. The minimum absolute atomic E-state index is 0.143. The Labute approximate surface area is 130 Å². The molecule has 0 aromatic heterocycles. The first-order valence-electron chi connectivity index (χ1n) is 8.10. The molecule has 116 valence electrons. The molecule has 1 saturated carbocycles. The van der Waals surface area contributed by atoms with Crippen molar-refractivity contribution in [1.82, 2.24) is 4.90 Å². The number of nitrogens with zero attached hydrogens (tertiary/aromatic N) is 1. The highest BCUT2D eigenvalue weighted by atomic mass is 16.5. The summed E-state index contributed by atoms with van der Waals surface area (Å²) in [5.41, 5.74) is 2.31. The van der Waals surface area contributed by atoms with Crippen molar-refractivity contribution in [2.45, 2.75) is 36.5 Å². The van der Waals surface area contributed by atoms with Gasteiger partial charge < -0.3 is 19.8 Å². The van der Waals surface area contributed by atoms with Gasteiger partial charge in [0, 0.05) is 23.6 Å². The highest BCUT2D eigenvalue weighted by Gasteiger charge is 2.71. The van der Waals surface area contributed by atoms with Crippen molar-refractivity contribution >= 4 is 0 Å². The molecule has 6 atom stereocenters. The third-order valence-electron chi connectivity index (χ3n) is 6.63. The zero-order valence-electron chi connectivity index (χ0n) is 12.7. The van der Waals surface area contributed by atoms with E-state index in [1.807, 2.05) is 6.07 Å². The standard InChI is InChI=1S/C18H21NO3/c1-3-12(20)17-18-7-10-8-19(2)11(14(10)18)6-9-4-5-13(21)16(22-17)15(9)18/h3-5,10-12,14,17,20-21H,1,6-8H2,2H3/t10?,11-,12+,14?,17+,18+/m1/s1. The van der Waals surface area contributed by atoms with Crippen LogP contribution in [0.3, 0.4) is 0 Å². The molecule has 0 radical (unpaired) electrons. The van der Waals surface area contributed by atoms with Gasteiger partial charge in [-0.3, -0.25) is 0 Å². The number of likely N-dealkylation sites (N-methyl/N-ethyl adjacent to an activating group) is 1. The van der Waals surface area contributed by atoms with Crippen LogP contribution in [-0.2, 0) is 11.8 Å². The summed E-state index contributed by atoms with van der Waals surface area (Å²) in [4.78, 5) is 2.47. The van der Waals surface area contributed by atoms with E-state index in [0.29, 0.717) is 23.6 Å². The van der Waals surface area contributed by atoms with Gasteiger partial charge in [-0.05, 0) is 43.4 Å². The number of aliphatic hydroxyl groups is 1. The van der Waals surface area contributed by atoms with Crippen molar-refractivity contribution in [2.75, 3.05) is 13.6 Å². The fourth-order valence-corrected chi connectivity index (χ4v) is 5.94. The van der Waals surface area contributed by atoms with Crippen molar-refractivity contribution in [3.63, 3.8) is 0 Å². The molecule has 0 bridgehead atoms. The van der Waals surface area contributed by atoms with E-state index in [4.69, 9.17) is 4.74 Å². The molecule has 22 heavy (non-hydrogen) atoms. The predicted molar refractivity (Wildman–Crippen MR) is 82.1 cm³/mol. The van der Waals surface area contributed by atoms with E-state index >= 15 is 0 Å². The van der Waals surface area contributed by atoms with Crippen LogP contribution in [0.25, 0.3) is 0 Å². The lowest BCUT2D eigenvalue weighted by molar-refractivity contribution is -0.0680. The van der Waals surface area contributed by atoms with Crippen molar-refractivity contribution in [1.29, 1.82) is 0 Å². The molecule has 1 aromatic carbocycles. The van der Waals surface area contributed by atoms with Crippen LogP contribution in [0.4, 0.5) is 0 Å². The second kappa shape index (κ2) is 3.87. The minimum Gasteiger partial charge on any atom is -0.504 e. The van der Waals surface area contributed by atoms with Gasteiger partial charge in [0.25, 0.3) is 0 Å². The molecule has 2 aliphatic carbocycles. The number of hydrogen-bond acceptors (Lipinski definition) is 4. The number of phenols is 1. The van der Waals surface area contributed by atoms with Crippen LogP contribution in [0, 0.1) is 11.8 Å². The fraction of sp³-hybridized carbons (Fsp3) is 0.556. The van der Waals surface area contributed by atoms with Gasteiger partial charge in [-0.25, -0.2) is 0 Å². The lowest BCUT2D eigenvalue weighted by atomic mass is 9.45. The summed E-state index contributed by atoms with van der Waals surface area (Å²) in [6, 6.07) is 4.29. The molecular weight excluding hydrogens is 278 g/mol. The SMILES string of the molecule is C=C[C@H](O)[C@@H]1Oc2c(O)ccc3c2[C@@]12CC1CN(C)[C@H](C3)C12. The molecule has 0 amide bonds. The molecule has 2 aliphatic heterocycles. The highest BCUT2D eigenvalue weighted by molar-refractivity contribution is 5.62. The van der Waals surface area contributed by atoms with Gasteiger partial charge in [0.1, 0.15) is 12.2 Å². The van der Waals surface area contributed by atoms with Crippen LogP contribution >= 0.6 is 0 Å². The average Bonchev–Trinajstić information content (AvgIpc) is 2.98. The molecule has 2 unspecified atom stereocenters. The van der Waals surface area contributed by atoms with E-state index in [-0.39, 0.29) is 17.3 Å². The largest absolute Gasteiger partial charge is 0.504 e. The summed E-state index contributed by atoms with van der Waals surface area (Å²) < 4.78 is 6.11. The number of aliphatic hydroxyl groups excluding tert-OH is 1. The van der Waals surface area contributed by atoms with E-state index in [9.17, 15) is 10.2 Å². The second-order valence-electron chi connectivity index (χ2n) is 7.45. The van der Waals surface area contributed by atoms with E-state index < -0.39 is 6.10 Å². The molecule has 2 fully saturated rings. The van der Waals surface area contributed by atoms with Crippen molar-refractivity contribution in [2.24, 2.45) is 11.8 Å². The number of hydrogen-bond donors (Lipinski definition) is 2. The maximum absolute atomic E-state index is 10.5. The third kappa shape index (κ3) is 1.20. The lowest BCUT2D eigenvalue weighted by Crippen LogP contribution is -2.64. The van der Waals surface area contributed by atoms with Gasteiger partial charge in [-0.2, -0.15) is 0 Å². The minimum atomic E-state index is -0.703. The Kier molecular flexibility index (Phi) is 2.28.